The highest BCUT2D eigenvalue weighted by molar-refractivity contribution is 5.38. The molecule has 0 amide bonds. The van der Waals surface area contributed by atoms with Gasteiger partial charge in [-0.25, -0.2) is 0 Å². The van der Waals surface area contributed by atoms with E-state index in [1.807, 2.05) is 0 Å². The molecule has 0 radical (unpaired) electrons. The fraction of sp³-hybridized carbons (Fsp3) is 0.455. The third-order valence-corrected chi connectivity index (χ3v) is 2.53. The molecule has 1 aromatic heterocycles. The lowest BCUT2D eigenvalue weighted by atomic mass is 10.0. The number of nitrogens with zero attached hydrogens (tertiary/aromatic N) is 2. The number of hydrogen-bond acceptors (Lipinski definition) is 5. The fourth-order valence-corrected chi connectivity index (χ4v) is 1.74. The average Bonchev–Trinajstić information content (AvgIpc) is 2.27. The van der Waals surface area contributed by atoms with Crippen molar-refractivity contribution >= 4 is 11.8 Å². The SMILES string of the molecule is Nc1cc(OCC2=CCCCC2)nc(N)n1. The maximum atomic E-state index is 5.54. The summed E-state index contributed by atoms with van der Waals surface area (Å²) in [5.41, 5.74) is 12.3. The molecule has 86 valence electrons. The molecule has 0 aromatic carbocycles. The third-order valence-electron chi connectivity index (χ3n) is 2.53. The molecule has 1 aliphatic carbocycles. The van der Waals surface area contributed by atoms with E-state index < -0.39 is 0 Å². The van der Waals surface area contributed by atoms with Gasteiger partial charge in [0.2, 0.25) is 11.8 Å². The molecular weight excluding hydrogens is 204 g/mol. The van der Waals surface area contributed by atoms with Crippen molar-refractivity contribution in [1.82, 2.24) is 9.97 Å². The molecule has 0 aliphatic heterocycles. The van der Waals surface area contributed by atoms with Crippen LogP contribution in [0.25, 0.3) is 0 Å². The zero-order chi connectivity index (χ0) is 11.4. The van der Waals surface area contributed by atoms with Gasteiger partial charge in [-0.3, -0.25) is 0 Å². The molecule has 16 heavy (non-hydrogen) atoms. The first kappa shape index (κ1) is 10.7. The van der Waals surface area contributed by atoms with Crippen LogP contribution in [0.2, 0.25) is 0 Å². The van der Waals surface area contributed by atoms with Gasteiger partial charge < -0.3 is 16.2 Å². The van der Waals surface area contributed by atoms with Crippen LogP contribution < -0.4 is 16.2 Å². The fourth-order valence-electron chi connectivity index (χ4n) is 1.74. The second-order valence-corrected chi connectivity index (χ2v) is 3.89. The number of nitrogen functional groups attached to an aromatic ring is 2. The highest BCUT2D eigenvalue weighted by Gasteiger charge is 2.06. The van der Waals surface area contributed by atoms with Gasteiger partial charge >= 0.3 is 0 Å². The van der Waals surface area contributed by atoms with Crippen molar-refractivity contribution in [3.05, 3.63) is 17.7 Å². The minimum atomic E-state index is 0.146. The van der Waals surface area contributed by atoms with Gasteiger partial charge in [0.1, 0.15) is 12.4 Å². The van der Waals surface area contributed by atoms with Crippen LogP contribution in [0, 0.1) is 0 Å². The van der Waals surface area contributed by atoms with E-state index >= 15 is 0 Å². The molecule has 0 unspecified atom stereocenters. The van der Waals surface area contributed by atoms with Crippen LogP contribution in [0.15, 0.2) is 17.7 Å². The predicted octanol–water partition coefficient (Wildman–Crippen LogP) is 1.52. The summed E-state index contributed by atoms with van der Waals surface area (Å²) in [7, 11) is 0. The lowest BCUT2D eigenvalue weighted by molar-refractivity contribution is 0.330. The Labute approximate surface area is 94.5 Å². The summed E-state index contributed by atoms with van der Waals surface area (Å²) in [5.74, 6) is 0.921. The quantitative estimate of drug-likeness (QED) is 0.754. The van der Waals surface area contributed by atoms with Gasteiger partial charge in [0.15, 0.2) is 0 Å². The molecule has 2 rings (SSSR count). The Morgan fingerprint density at radius 2 is 2.12 bits per heavy atom. The van der Waals surface area contributed by atoms with Crippen molar-refractivity contribution in [2.75, 3.05) is 18.1 Å². The predicted molar refractivity (Wildman–Crippen MR) is 62.9 cm³/mol. The number of hydrogen-bond donors (Lipinski definition) is 2. The first-order chi connectivity index (χ1) is 7.74. The van der Waals surface area contributed by atoms with E-state index in [0.717, 1.165) is 12.8 Å². The van der Waals surface area contributed by atoms with Gasteiger partial charge in [-0.15, -0.1) is 0 Å². The monoisotopic (exact) mass is 220 g/mol. The Kier molecular flexibility index (Phi) is 3.24. The molecular formula is C11H16N4O. The molecule has 1 heterocycles. The lowest BCUT2D eigenvalue weighted by Gasteiger charge is -2.13. The van der Waals surface area contributed by atoms with E-state index in [1.54, 1.807) is 6.07 Å². The third kappa shape index (κ3) is 2.85. The standard InChI is InChI=1S/C11H16N4O/c12-9-6-10(15-11(13)14-9)16-7-8-4-2-1-3-5-8/h4,6H,1-3,5,7H2,(H4,12,13,14,15). The van der Waals surface area contributed by atoms with E-state index in [2.05, 4.69) is 16.0 Å². The molecule has 0 spiro atoms. The number of ether oxygens (including phenoxy) is 1. The zero-order valence-electron chi connectivity index (χ0n) is 9.15. The number of anilines is 2. The number of aromatic nitrogens is 2. The normalized spacial score (nSPS) is 15.6. The number of allylic oxidation sites excluding steroid dienone is 1. The molecule has 5 heteroatoms. The van der Waals surface area contributed by atoms with Crippen LogP contribution in [0.4, 0.5) is 11.8 Å². The summed E-state index contributed by atoms with van der Waals surface area (Å²) in [6.45, 7) is 0.565. The first-order valence-corrected chi connectivity index (χ1v) is 5.45. The molecule has 5 nitrogen and oxygen atoms in total. The van der Waals surface area contributed by atoms with Crippen molar-refractivity contribution in [1.29, 1.82) is 0 Å². The Bertz CT molecular complexity index is 383. The number of nitrogens with two attached hydrogens (primary N) is 2. The summed E-state index contributed by atoms with van der Waals surface area (Å²) < 4.78 is 5.53. The summed E-state index contributed by atoms with van der Waals surface area (Å²) in [6.07, 6.45) is 7.00. The molecule has 0 saturated carbocycles. The van der Waals surface area contributed by atoms with Gasteiger partial charge in [-0.2, -0.15) is 9.97 Å². The van der Waals surface area contributed by atoms with Gasteiger partial charge in [-0.1, -0.05) is 6.08 Å². The maximum absolute atomic E-state index is 5.54. The highest BCUT2D eigenvalue weighted by atomic mass is 16.5. The van der Waals surface area contributed by atoms with Gasteiger partial charge in [0.05, 0.1) is 0 Å². The molecule has 1 aliphatic rings. The van der Waals surface area contributed by atoms with Crippen molar-refractivity contribution < 1.29 is 4.74 Å². The maximum Gasteiger partial charge on any atom is 0.225 e. The van der Waals surface area contributed by atoms with E-state index in [0.29, 0.717) is 18.3 Å². The van der Waals surface area contributed by atoms with Crippen LogP contribution in [0.1, 0.15) is 25.7 Å². The Balaban J connectivity index is 1.96. The zero-order valence-corrected chi connectivity index (χ0v) is 9.15. The second kappa shape index (κ2) is 4.83. The molecule has 1 aromatic rings. The van der Waals surface area contributed by atoms with Crippen molar-refractivity contribution in [2.24, 2.45) is 0 Å². The van der Waals surface area contributed by atoms with E-state index in [4.69, 9.17) is 16.2 Å². The van der Waals surface area contributed by atoms with Crippen LogP contribution in [-0.2, 0) is 0 Å². The van der Waals surface area contributed by atoms with Crippen LogP contribution in [0.5, 0.6) is 5.88 Å². The minimum absolute atomic E-state index is 0.146. The molecule has 0 saturated heterocycles. The van der Waals surface area contributed by atoms with Crippen molar-refractivity contribution in [3.63, 3.8) is 0 Å². The first-order valence-electron chi connectivity index (χ1n) is 5.45. The topological polar surface area (TPSA) is 87.0 Å². The average molecular weight is 220 g/mol. The van der Waals surface area contributed by atoms with Crippen molar-refractivity contribution in [3.8, 4) is 5.88 Å². The van der Waals surface area contributed by atoms with E-state index in [1.165, 1.54) is 18.4 Å². The molecule has 0 fully saturated rings. The Morgan fingerprint density at radius 3 is 2.81 bits per heavy atom. The van der Waals surface area contributed by atoms with E-state index in [9.17, 15) is 0 Å². The summed E-state index contributed by atoms with van der Waals surface area (Å²) in [6, 6.07) is 1.58. The van der Waals surface area contributed by atoms with Crippen LogP contribution in [0.3, 0.4) is 0 Å². The largest absolute Gasteiger partial charge is 0.473 e. The molecule has 0 bridgehead atoms. The minimum Gasteiger partial charge on any atom is -0.473 e. The molecule has 4 N–H and O–H groups in total. The second-order valence-electron chi connectivity index (χ2n) is 3.89. The Morgan fingerprint density at radius 1 is 1.25 bits per heavy atom. The smallest absolute Gasteiger partial charge is 0.225 e. The van der Waals surface area contributed by atoms with E-state index in [-0.39, 0.29) is 5.95 Å². The highest BCUT2D eigenvalue weighted by Crippen LogP contribution is 2.19. The summed E-state index contributed by atoms with van der Waals surface area (Å²) in [4.78, 5) is 7.73. The van der Waals surface area contributed by atoms with Crippen LogP contribution >= 0.6 is 0 Å². The lowest BCUT2D eigenvalue weighted by Crippen LogP contribution is -2.07. The van der Waals surface area contributed by atoms with Gasteiger partial charge in [0, 0.05) is 6.07 Å². The van der Waals surface area contributed by atoms with Gasteiger partial charge in [0.25, 0.3) is 0 Å². The summed E-state index contributed by atoms with van der Waals surface area (Å²) in [5, 5.41) is 0. The number of rotatable bonds is 3. The Hall–Kier alpha value is -1.78. The molecule has 0 atom stereocenters. The van der Waals surface area contributed by atoms with Crippen LogP contribution in [-0.4, -0.2) is 16.6 Å². The summed E-state index contributed by atoms with van der Waals surface area (Å²) >= 11 is 0. The van der Waals surface area contributed by atoms with Crippen molar-refractivity contribution in [2.45, 2.75) is 25.7 Å². The van der Waals surface area contributed by atoms with Gasteiger partial charge in [-0.05, 0) is 31.3 Å².